The second kappa shape index (κ2) is 4.37. The first-order valence-electron chi connectivity index (χ1n) is 5.32. The third kappa shape index (κ3) is 2.04. The van der Waals surface area contributed by atoms with Gasteiger partial charge in [-0.2, -0.15) is 5.11 Å². The lowest BCUT2D eigenvalue weighted by molar-refractivity contribution is 0.835. The quantitative estimate of drug-likeness (QED) is 0.791. The Morgan fingerprint density at radius 2 is 1.82 bits per heavy atom. The van der Waals surface area contributed by atoms with Crippen LogP contribution in [-0.4, -0.2) is 16.8 Å². The van der Waals surface area contributed by atoms with E-state index in [4.69, 9.17) is 0 Å². The van der Waals surface area contributed by atoms with Gasteiger partial charge >= 0.3 is 0 Å². The number of aromatic nitrogens is 2. The van der Waals surface area contributed by atoms with Crippen LogP contribution in [0.1, 0.15) is 11.3 Å². The molecule has 0 saturated heterocycles. The van der Waals surface area contributed by atoms with Gasteiger partial charge < -0.3 is 0 Å². The zero-order chi connectivity index (χ0) is 12.4. The van der Waals surface area contributed by atoms with Crippen molar-refractivity contribution < 1.29 is 0 Å². The molecule has 17 heavy (non-hydrogen) atoms. The zero-order valence-corrected chi connectivity index (χ0v) is 10.1. The first-order valence-corrected chi connectivity index (χ1v) is 5.32. The molecule has 5 nitrogen and oxygen atoms in total. The van der Waals surface area contributed by atoms with Crippen molar-refractivity contribution in [3.8, 4) is 5.69 Å². The fourth-order valence-corrected chi connectivity index (χ4v) is 1.63. The van der Waals surface area contributed by atoms with Crippen LogP contribution >= 0.6 is 0 Å². The molecule has 88 valence electrons. The van der Waals surface area contributed by atoms with Crippen molar-refractivity contribution in [1.29, 1.82) is 0 Å². The molecule has 0 fully saturated rings. The van der Waals surface area contributed by atoms with E-state index < -0.39 is 0 Å². The van der Waals surface area contributed by atoms with Gasteiger partial charge in [0, 0.05) is 7.05 Å². The number of rotatable bonds is 2. The number of nitrogens with zero attached hydrogens (tertiary/aromatic N) is 3. The number of azo groups is 1. The molecule has 0 atom stereocenters. The van der Waals surface area contributed by atoms with E-state index in [9.17, 15) is 4.79 Å². The van der Waals surface area contributed by atoms with Crippen LogP contribution in [0.25, 0.3) is 5.69 Å². The molecule has 0 radical (unpaired) electrons. The van der Waals surface area contributed by atoms with Crippen LogP contribution in [-0.2, 0) is 0 Å². The van der Waals surface area contributed by atoms with Crippen LogP contribution in [0.15, 0.2) is 39.3 Å². The summed E-state index contributed by atoms with van der Waals surface area (Å²) in [4.78, 5) is 12.0. The predicted molar refractivity (Wildman–Crippen MR) is 66.3 cm³/mol. The molecule has 0 amide bonds. The first kappa shape index (κ1) is 11.3. The minimum absolute atomic E-state index is 0.183. The van der Waals surface area contributed by atoms with E-state index in [-0.39, 0.29) is 5.56 Å². The Balaban J connectivity index is 2.57. The maximum atomic E-state index is 12.0. The highest BCUT2D eigenvalue weighted by molar-refractivity contribution is 5.43. The maximum Gasteiger partial charge on any atom is 0.299 e. The fourth-order valence-electron chi connectivity index (χ4n) is 1.63. The van der Waals surface area contributed by atoms with Gasteiger partial charge in [-0.15, -0.1) is 5.11 Å². The Kier molecular flexibility index (Phi) is 2.91. The summed E-state index contributed by atoms with van der Waals surface area (Å²) in [5.74, 6) is 0. The van der Waals surface area contributed by atoms with Crippen molar-refractivity contribution in [3.05, 3.63) is 45.9 Å². The van der Waals surface area contributed by atoms with Crippen LogP contribution < -0.4 is 5.56 Å². The third-order valence-electron chi connectivity index (χ3n) is 2.53. The average molecular weight is 230 g/mol. The van der Waals surface area contributed by atoms with E-state index >= 15 is 0 Å². The lowest BCUT2D eigenvalue weighted by Gasteiger charge is -2.01. The van der Waals surface area contributed by atoms with Gasteiger partial charge in [-0.25, -0.2) is 4.68 Å². The molecule has 2 aromatic rings. The summed E-state index contributed by atoms with van der Waals surface area (Å²) in [6.45, 7) is 3.80. The number of nitrogens with one attached hydrogen (secondary N) is 1. The highest BCUT2D eigenvalue weighted by Gasteiger charge is 2.11. The molecule has 1 aromatic carbocycles. The zero-order valence-electron chi connectivity index (χ0n) is 10.1. The number of aromatic amines is 1. The van der Waals surface area contributed by atoms with Crippen molar-refractivity contribution in [2.45, 2.75) is 13.8 Å². The summed E-state index contributed by atoms with van der Waals surface area (Å²) in [6, 6.07) is 7.69. The number of aryl methyl sites for hydroxylation is 2. The van der Waals surface area contributed by atoms with Crippen LogP contribution in [0.4, 0.5) is 5.69 Å². The molecule has 0 aliphatic rings. The Morgan fingerprint density at radius 1 is 1.18 bits per heavy atom. The highest BCUT2D eigenvalue weighted by Crippen LogP contribution is 2.14. The van der Waals surface area contributed by atoms with Crippen molar-refractivity contribution in [1.82, 2.24) is 9.78 Å². The molecular formula is C12H14N4O. The smallest absolute Gasteiger partial charge is 0.293 e. The van der Waals surface area contributed by atoms with Crippen LogP contribution in [0, 0.1) is 13.8 Å². The minimum atomic E-state index is -0.183. The molecule has 0 spiro atoms. The van der Waals surface area contributed by atoms with Gasteiger partial charge in [0.2, 0.25) is 0 Å². The van der Waals surface area contributed by atoms with Crippen LogP contribution in [0.3, 0.4) is 0 Å². The number of hydrogen-bond donors (Lipinski definition) is 1. The fraction of sp³-hybridized carbons (Fsp3) is 0.250. The molecule has 2 rings (SSSR count). The lowest BCUT2D eigenvalue weighted by atomic mass is 10.2. The Labute approximate surface area is 98.8 Å². The second-order valence-electron chi connectivity index (χ2n) is 3.86. The van der Waals surface area contributed by atoms with Crippen LogP contribution in [0.5, 0.6) is 0 Å². The van der Waals surface area contributed by atoms with E-state index in [1.54, 1.807) is 14.0 Å². The average Bonchev–Trinajstić information content (AvgIpc) is 2.59. The Morgan fingerprint density at radius 3 is 2.41 bits per heavy atom. The molecule has 5 heteroatoms. The van der Waals surface area contributed by atoms with E-state index in [1.807, 2.05) is 31.2 Å². The standard InChI is InChI=1S/C12H14N4O/c1-8-4-6-10(7-5-8)16-12(17)11(14-13-3)9(2)15-16/h4-7,15H,1-3H3. The second-order valence-corrected chi connectivity index (χ2v) is 3.86. The summed E-state index contributed by atoms with van der Waals surface area (Å²) in [5, 5.41) is 10.5. The van der Waals surface area contributed by atoms with Gasteiger partial charge in [-0.05, 0) is 26.0 Å². The monoisotopic (exact) mass is 230 g/mol. The van der Waals surface area contributed by atoms with Crippen molar-refractivity contribution in [3.63, 3.8) is 0 Å². The molecule has 0 aliphatic heterocycles. The molecule has 0 saturated carbocycles. The number of benzene rings is 1. The molecule has 1 heterocycles. The molecular weight excluding hydrogens is 216 g/mol. The third-order valence-corrected chi connectivity index (χ3v) is 2.53. The minimum Gasteiger partial charge on any atom is -0.293 e. The van der Waals surface area contributed by atoms with E-state index in [2.05, 4.69) is 15.3 Å². The van der Waals surface area contributed by atoms with Crippen molar-refractivity contribution >= 4 is 5.69 Å². The predicted octanol–water partition coefficient (Wildman–Crippen LogP) is 2.50. The molecule has 0 aliphatic carbocycles. The van der Waals surface area contributed by atoms with Gasteiger partial charge in [0.1, 0.15) is 0 Å². The number of H-pyrrole nitrogens is 1. The Hall–Kier alpha value is -2.17. The van der Waals surface area contributed by atoms with E-state index in [1.165, 1.54) is 4.68 Å². The largest absolute Gasteiger partial charge is 0.299 e. The molecule has 1 N–H and O–H groups in total. The van der Waals surface area contributed by atoms with Crippen molar-refractivity contribution in [2.75, 3.05) is 7.05 Å². The number of hydrogen-bond acceptors (Lipinski definition) is 3. The van der Waals surface area contributed by atoms with Crippen molar-refractivity contribution in [2.24, 2.45) is 10.2 Å². The topological polar surface area (TPSA) is 62.5 Å². The van der Waals surface area contributed by atoms with E-state index in [0.717, 1.165) is 11.3 Å². The normalized spacial score (nSPS) is 11.2. The summed E-state index contributed by atoms with van der Waals surface area (Å²) >= 11 is 0. The van der Waals surface area contributed by atoms with E-state index in [0.29, 0.717) is 11.4 Å². The molecule has 0 unspecified atom stereocenters. The molecule has 1 aromatic heterocycles. The van der Waals surface area contributed by atoms with Gasteiger partial charge in [-0.1, -0.05) is 17.7 Å². The highest BCUT2D eigenvalue weighted by atomic mass is 16.1. The van der Waals surface area contributed by atoms with Gasteiger partial charge in [0.25, 0.3) is 5.56 Å². The maximum absolute atomic E-state index is 12.0. The van der Waals surface area contributed by atoms with Gasteiger partial charge in [0.15, 0.2) is 5.69 Å². The van der Waals surface area contributed by atoms with Gasteiger partial charge in [0.05, 0.1) is 11.4 Å². The summed E-state index contributed by atoms with van der Waals surface area (Å²) in [5.41, 5.74) is 2.83. The van der Waals surface area contributed by atoms with Crippen LogP contribution in [0.2, 0.25) is 0 Å². The summed E-state index contributed by atoms with van der Waals surface area (Å²) in [6.07, 6.45) is 0. The molecule has 0 bridgehead atoms. The SMILES string of the molecule is CN=Nc1c(C)[nH]n(-c2ccc(C)cc2)c1=O. The lowest BCUT2D eigenvalue weighted by Crippen LogP contribution is -2.13. The summed E-state index contributed by atoms with van der Waals surface area (Å²) < 4.78 is 1.47. The Bertz CT molecular complexity index is 604. The summed E-state index contributed by atoms with van der Waals surface area (Å²) in [7, 11) is 1.54. The van der Waals surface area contributed by atoms with Gasteiger partial charge in [-0.3, -0.25) is 9.89 Å². The first-order chi connectivity index (χ1) is 8.13.